The Bertz CT molecular complexity index is 489. The Morgan fingerprint density at radius 2 is 1.72 bits per heavy atom. The molecule has 142 valence electrons. The lowest BCUT2D eigenvalue weighted by Gasteiger charge is -2.24. The Kier molecular flexibility index (Phi) is 8.54. The molecule has 1 fully saturated rings. The normalized spacial score (nSPS) is 16.9. The van der Waals surface area contributed by atoms with Crippen molar-refractivity contribution in [1.29, 1.82) is 0 Å². The standard InChI is InChI=1S/C17H28N2O6/c1-5-12(4)24-10-13(11(2)3)18-14(20)6-9-17(23)25-19-15(21)7-8-16(19)22/h11-13H,5-10H2,1-4H3,(H,18,20). The molecule has 1 aliphatic heterocycles. The number of hydroxylamine groups is 2. The van der Waals surface area contributed by atoms with Crippen LogP contribution in [-0.2, 0) is 28.8 Å². The first kappa shape index (κ1) is 21.1. The number of carbonyl (C=O) groups is 4. The number of hydrogen-bond donors (Lipinski definition) is 1. The second kappa shape index (κ2) is 10.1. The van der Waals surface area contributed by atoms with Crippen LogP contribution < -0.4 is 5.32 Å². The Balaban J connectivity index is 2.37. The molecular formula is C17H28N2O6. The van der Waals surface area contributed by atoms with Crippen LogP contribution in [0.15, 0.2) is 0 Å². The van der Waals surface area contributed by atoms with E-state index in [1.54, 1.807) is 0 Å². The first-order valence-electron chi connectivity index (χ1n) is 8.72. The summed E-state index contributed by atoms with van der Waals surface area (Å²) < 4.78 is 5.67. The Morgan fingerprint density at radius 1 is 1.12 bits per heavy atom. The van der Waals surface area contributed by atoms with E-state index >= 15 is 0 Å². The zero-order chi connectivity index (χ0) is 19.0. The monoisotopic (exact) mass is 356 g/mol. The quantitative estimate of drug-likeness (QED) is 0.593. The molecule has 0 aromatic carbocycles. The van der Waals surface area contributed by atoms with Gasteiger partial charge in [-0.05, 0) is 19.3 Å². The van der Waals surface area contributed by atoms with E-state index in [4.69, 9.17) is 9.57 Å². The summed E-state index contributed by atoms with van der Waals surface area (Å²) >= 11 is 0. The van der Waals surface area contributed by atoms with Gasteiger partial charge in [0.25, 0.3) is 11.8 Å². The highest BCUT2D eigenvalue weighted by molar-refractivity contribution is 6.01. The maximum absolute atomic E-state index is 12.0. The lowest BCUT2D eigenvalue weighted by atomic mass is 10.0. The SMILES string of the molecule is CCC(C)OCC(NC(=O)CCC(=O)ON1C(=O)CCC1=O)C(C)C. The van der Waals surface area contributed by atoms with Crippen molar-refractivity contribution in [3.63, 3.8) is 0 Å². The second-order valence-corrected chi connectivity index (χ2v) is 6.52. The summed E-state index contributed by atoms with van der Waals surface area (Å²) in [6, 6.07) is -0.153. The minimum absolute atomic E-state index is 0.0405. The van der Waals surface area contributed by atoms with Crippen molar-refractivity contribution < 1.29 is 28.8 Å². The zero-order valence-electron chi connectivity index (χ0n) is 15.4. The maximum atomic E-state index is 12.0. The first-order valence-corrected chi connectivity index (χ1v) is 8.72. The highest BCUT2D eigenvalue weighted by Crippen LogP contribution is 2.13. The van der Waals surface area contributed by atoms with Crippen molar-refractivity contribution in [1.82, 2.24) is 10.4 Å². The summed E-state index contributed by atoms with van der Waals surface area (Å²) in [4.78, 5) is 51.2. The van der Waals surface area contributed by atoms with E-state index < -0.39 is 17.8 Å². The molecular weight excluding hydrogens is 328 g/mol. The summed E-state index contributed by atoms with van der Waals surface area (Å²) in [6.07, 6.45) is 0.793. The lowest BCUT2D eigenvalue weighted by molar-refractivity contribution is -0.197. The number of nitrogens with zero attached hydrogens (tertiary/aromatic N) is 1. The number of imide groups is 1. The third kappa shape index (κ3) is 7.21. The van der Waals surface area contributed by atoms with Gasteiger partial charge in [-0.25, -0.2) is 4.79 Å². The predicted molar refractivity (Wildman–Crippen MR) is 88.9 cm³/mol. The van der Waals surface area contributed by atoms with Crippen LogP contribution in [0.25, 0.3) is 0 Å². The van der Waals surface area contributed by atoms with Crippen molar-refractivity contribution in [2.24, 2.45) is 5.92 Å². The Hall–Kier alpha value is -1.96. The van der Waals surface area contributed by atoms with Crippen LogP contribution >= 0.6 is 0 Å². The maximum Gasteiger partial charge on any atom is 0.333 e. The fourth-order valence-corrected chi connectivity index (χ4v) is 2.09. The van der Waals surface area contributed by atoms with Gasteiger partial charge < -0.3 is 14.9 Å². The van der Waals surface area contributed by atoms with E-state index in [0.29, 0.717) is 11.7 Å². The molecule has 1 N–H and O–H groups in total. The van der Waals surface area contributed by atoms with Crippen LogP contribution in [0.1, 0.15) is 59.8 Å². The van der Waals surface area contributed by atoms with Crippen molar-refractivity contribution in [3.8, 4) is 0 Å². The highest BCUT2D eigenvalue weighted by Gasteiger charge is 2.32. The van der Waals surface area contributed by atoms with E-state index in [2.05, 4.69) is 5.32 Å². The molecule has 0 aromatic rings. The van der Waals surface area contributed by atoms with E-state index in [0.717, 1.165) is 6.42 Å². The van der Waals surface area contributed by atoms with Crippen LogP contribution in [0, 0.1) is 5.92 Å². The van der Waals surface area contributed by atoms with Crippen LogP contribution in [0.5, 0.6) is 0 Å². The molecule has 2 atom stereocenters. The minimum Gasteiger partial charge on any atom is -0.376 e. The van der Waals surface area contributed by atoms with Crippen LogP contribution in [0.2, 0.25) is 0 Å². The van der Waals surface area contributed by atoms with Gasteiger partial charge in [-0.1, -0.05) is 20.8 Å². The third-order valence-electron chi connectivity index (χ3n) is 4.04. The van der Waals surface area contributed by atoms with Gasteiger partial charge in [0.2, 0.25) is 5.91 Å². The number of carbonyl (C=O) groups excluding carboxylic acids is 4. The van der Waals surface area contributed by atoms with Crippen molar-refractivity contribution in [2.45, 2.75) is 71.9 Å². The van der Waals surface area contributed by atoms with E-state index in [-0.39, 0.29) is 49.7 Å². The van der Waals surface area contributed by atoms with Crippen molar-refractivity contribution in [3.05, 3.63) is 0 Å². The van der Waals surface area contributed by atoms with Gasteiger partial charge in [-0.3, -0.25) is 14.4 Å². The number of hydrogen-bond acceptors (Lipinski definition) is 6. The number of nitrogens with one attached hydrogen (secondary N) is 1. The summed E-state index contributed by atoms with van der Waals surface area (Å²) in [5, 5.41) is 3.33. The Labute approximate surface area is 148 Å². The smallest absolute Gasteiger partial charge is 0.333 e. The molecule has 0 saturated carbocycles. The molecule has 1 heterocycles. The van der Waals surface area contributed by atoms with Gasteiger partial charge in [0.15, 0.2) is 0 Å². The summed E-state index contributed by atoms with van der Waals surface area (Å²) in [7, 11) is 0. The van der Waals surface area contributed by atoms with E-state index in [1.165, 1.54) is 0 Å². The number of amides is 3. The van der Waals surface area contributed by atoms with Crippen LogP contribution in [0.4, 0.5) is 0 Å². The first-order chi connectivity index (χ1) is 11.7. The van der Waals surface area contributed by atoms with E-state index in [9.17, 15) is 19.2 Å². The fraction of sp³-hybridized carbons (Fsp3) is 0.765. The van der Waals surface area contributed by atoms with Gasteiger partial charge in [0.1, 0.15) is 0 Å². The minimum atomic E-state index is -0.782. The van der Waals surface area contributed by atoms with Gasteiger partial charge >= 0.3 is 5.97 Å². The molecule has 1 saturated heterocycles. The molecule has 8 nitrogen and oxygen atoms in total. The largest absolute Gasteiger partial charge is 0.376 e. The van der Waals surface area contributed by atoms with Crippen LogP contribution in [-0.4, -0.2) is 47.5 Å². The van der Waals surface area contributed by atoms with Gasteiger partial charge in [-0.2, -0.15) is 0 Å². The molecule has 1 rings (SSSR count). The predicted octanol–water partition coefficient (Wildman–Crippen LogP) is 1.33. The molecule has 8 heteroatoms. The second-order valence-electron chi connectivity index (χ2n) is 6.52. The molecule has 0 aromatic heterocycles. The molecule has 0 aliphatic carbocycles. The topological polar surface area (TPSA) is 102 Å². The van der Waals surface area contributed by atoms with Crippen molar-refractivity contribution in [2.75, 3.05) is 6.61 Å². The average Bonchev–Trinajstić information content (AvgIpc) is 2.87. The third-order valence-corrected chi connectivity index (χ3v) is 4.04. The van der Waals surface area contributed by atoms with Gasteiger partial charge in [0.05, 0.1) is 25.2 Å². The molecule has 1 aliphatic rings. The highest BCUT2D eigenvalue weighted by atomic mass is 16.7. The number of ether oxygens (including phenoxy) is 1. The average molecular weight is 356 g/mol. The van der Waals surface area contributed by atoms with Crippen molar-refractivity contribution >= 4 is 23.7 Å². The number of rotatable bonds is 10. The Morgan fingerprint density at radius 3 is 2.24 bits per heavy atom. The van der Waals surface area contributed by atoms with Gasteiger partial charge in [-0.15, -0.1) is 5.06 Å². The molecule has 2 unspecified atom stereocenters. The summed E-state index contributed by atoms with van der Waals surface area (Å²) in [6.45, 7) is 8.35. The van der Waals surface area contributed by atoms with E-state index in [1.807, 2.05) is 27.7 Å². The molecule has 3 amide bonds. The van der Waals surface area contributed by atoms with Gasteiger partial charge in [0, 0.05) is 19.3 Å². The molecule has 0 radical (unpaired) electrons. The molecule has 0 bridgehead atoms. The molecule has 25 heavy (non-hydrogen) atoms. The lowest BCUT2D eigenvalue weighted by Crippen LogP contribution is -2.42. The fourth-order valence-electron chi connectivity index (χ4n) is 2.09. The zero-order valence-corrected chi connectivity index (χ0v) is 15.4. The van der Waals surface area contributed by atoms with Crippen LogP contribution in [0.3, 0.4) is 0 Å². The summed E-state index contributed by atoms with van der Waals surface area (Å²) in [5.74, 6) is -1.98. The summed E-state index contributed by atoms with van der Waals surface area (Å²) in [5.41, 5.74) is 0. The molecule has 0 spiro atoms.